The van der Waals surface area contributed by atoms with Crippen molar-refractivity contribution in [3.05, 3.63) is 42.5 Å². The average molecular weight is 425 g/mol. The Morgan fingerprint density at radius 2 is 1.87 bits per heavy atom. The normalized spacial score (nSPS) is 20.4. The summed E-state index contributed by atoms with van der Waals surface area (Å²) in [5.41, 5.74) is 1.55. The van der Waals surface area contributed by atoms with Crippen molar-refractivity contribution in [1.82, 2.24) is 10.0 Å². The van der Waals surface area contributed by atoms with Gasteiger partial charge in [0.1, 0.15) is 10.8 Å². The third kappa shape index (κ3) is 3.57. The number of thiazole rings is 1. The molecule has 0 saturated carbocycles. The zero-order valence-corrected chi connectivity index (χ0v) is 18.7. The first-order chi connectivity index (χ1) is 14.1. The quantitative estimate of drug-likeness (QED) is 0.464. The predicted octanol–water partition coefficient (Wildman–Crippen LogP) is 5.14. The number of nitrogens with zero attached hydrogens (tertiary/aromatic N) is 2. The Labute approximate surface area is 180 Å². The molecule has 7 heteroatoms. The molecule has 1 aliphatic heterocycles. The molecule has 0 bridgehead atoms. The first-order valence-electron chi connectivity index (χ1n) is 10.00. The minimum absolute atomic E-state index is 0.363. The summed E-state index contributed by atoms with van der Waals surface area (Å²) in [7, 11) is 1.89. The molecule has 0 spiro atoms. The molecule has 2 aromatic carbocycles. The smallest absolute Gasteiger partial charge is 0.316 e. The third-order valence-electron chi connectivity index (χ3n) is 5.91. The second kappa shape index (κ2) is 7.34. The zero-order valence-electron chi connectivity index (χ0n) is 17.9. The number of rotatable bonds is 4. The maximum Gasteiger partial charge on any atom is 0.316 e. The largest absolute Gasteiger partial charge is 0.426 e. The first-order valence-corrected chi connectivity index (χ1v) is 10.8. The van der Waals surface area contributed by atoms with Crippen molar-refractivity contribution in [2.75, 3.05) is 12.4 Å². The molecule has 0 amide bonds. The lowest BCUT2D eigenvalue weighted by Gasteiger charge is -2.32. The molecule has 157 valence electrons. The van der Waals surface area contributed by atoms with Gasteiger partial charge in [0.15, 0.2) is 0 Å². The van der Waals surface area contributed by atoms with E-state index >= 15 is 0 Å². The van der Waals surface area contributed by atoms with Crippen molar-refractivity contribution < 1.29 is 14.7 Å². The van der Waals surface area contributed by atoms with Crippen molar-refractivity contribution in [2.45, 2.75) is 45.2 Å². The highest BCUT2D eigenvalue weighted by Crippen LogP contribution is 2.44. The monoisotopic (exact) mass is 424 g/mol. The molecular formula is C23H26N3O3S. The van der Waals surface area contributed by atoms with E-state index in [1.54, 1.807) is 31.3 Å². The highest BCUT2D eigenvalue weighted by atomic mass is 32.1. The van der Waals surface area contributed by atoms with E-state index in [0.717, 1.165) is 31.5 Å². The van der Waals surface area contributed by atoms with Gasteiger partial charge in [-0.25, -0.2) is 4.98 Å². The maximum absolute atomic E-state index is 12.9. The van der Waals surface area contributed by atoms with E-state index in [-0.39, 0.29) is 5.97 Å². The lowest BCUT2D eigenvalue weighted by atomic mass is 9.87. The number of ether oxygens (including phenoxy) is 1. The number of benzene rings is 2. The van der Waals surface area contributed by atoms with Crippen LogP contribution >= 0.6 is 11.3 Å². The van der Waals surface area contributed by atoms with E-state index in [0.29, 0.717) is 12.2 Å². The van der Waals surface area contributed by atoms with Gasteiger partial charge >= 0.3 is 5.97 Å². The Hall–Kier alpha value is -2.48. The van der Waals surface area contributed by atoms with E-state index in [2.05, 4.69) is 5.32 Å². The van der Waals surface area contributed by atoms with Crippen LogP contribution in [-0.4, -0.2) is 34.1 Å². The van der Waals surface area contributed by atoms with Gasteiger partial charge in [0.2, 0.25) is 0 Å². The Kier molecular flexibility index (Phi) is 5.08. The fraction of sp³-hybridized carbons (Fsp3) is 0.391. The SMILES string of the molecule is CNc1ccc(-c2nc3ccc(OC(=O)C4CC(C)(C)N([O])C4(C)C)cc3s2)cc1. The van der Waals surface area contributed by atoms with E-state index in [9.17, 15) is 10.0 Å². The number of nitrogens with one attached hydrogen (secondary N) is 1. The molecule has 1 radical (unpaired) electrons. The van der Waals surface area contributed by atoms with Gasteiger partial charge in [-0.1, -0.05) is 0 Å². The van der Waals surface area contributed by atoms with Gasteiger partial charge < -0.3 is 10.1 Å². The molecule has 30 heavy (non-hydrogen) atoms. The Bertz CT molecular complexity index is 1090. The second-order valence-electron chi connectivity index (χ2n) is 8.91. The van der Waals surface area contributed by atoms with Crippen molar-refractivity contribution in [2.24, 2.45) is 5.92 Å². The number of anilines is 1. The van der Waals surface area contributed by atoms with E-state index in [1.807, 2.05) is 57.3 Å². The molecule has 1 atom stereocenters. The van der Waals surface area contributed by atoms with Crippen LogP contribution in [0.5, 0.6) is 5.75 Å². The summed E-state index contributed by atoms with van der Waals surface area (Å²) in [5.74, 6) is -0.368. The Morgan fingerprint density at radius 3 is 2.47 bits per heavy atom. The summed E-state index contributed by atoms with van der Waals surface area (Å²) in [4.78, 5) is 17.6. The van der Waals surface area contributed by atoms with Crippen LogP contribution in [0.15, 0.2) is 42.5 Å². The van der Waals surface area contributed by atoms with E-state index in [1.165, 1.54) is 0 Å². The number of hydrogen-bond acceptors (Lipinski definition) is 6. The average Bonchev–Trinajstić information content (AvgIpc) is 3.20. The summed E-state index contributed by atoms with van der Waals surface area (Å²) >= 11 is 1.56. The third-order valence-corrected chi connectivity index (χ3v) is 6.98. The molecule has 2 heterocycles. The summed E-state index contributed by atoms with van der Waals surface area (Å²) in [6.07, 6.45) is 0.470. The Morgan fingerprint density at radius 1 is 1.17 bits per heavy atom. The van der Waals surface area contributed by atoms with Crippen LogP contribution in [-0.2, 0) is 10.0 Å². The topological polar surface area (TPSA) is 74.4 Å². The van der Waals surface area contributed by atoms with Gasteiger partial charge in [-0.2, -0.15) is 0 Å². The molecule has 1 aliphatic rings. The van der Waals surface area contributed by atoms with Crippen molar-refractivity contribution >= 4 is 33.2 Å². The molecule has 1 N–H and O–H groups in total. The van der Waals surface area contributed by atoms with Crippen LogP contribution in [0.25, 0.3) is 20.8 Å². The number of aromatic nitrogens is 1. The highest BCUT2D eigenvalue weighted by molar-refractivity contribution is 7.21. The van der Waals surface area contributed by atoms with Gasteiger partial charge in [-0.05, 0) is 70.5 Å². The van der Waals surface area contributed by atoms with Crippen molar-refractivity contribution in [1.29, 1.82) is 0 Å². The lowest BCUT2D eigenvalue weighted by Crippen LogP contribution is -2.47. The van der Waals surface area contributed by atoms with Gasteiger partial charge in [-0.3, -0.25) is 4.79 Å². The minimum atomic E-state index is -0.804. The Balaban J connectivity index is 1.56. The standard InChI is InChI=1S/C23H26N3O3S/c1-22(2)13-17(23(3,4)26(22)28)21(27)29-16-10-11-18-19(12-16)30-20(25-18)14-6-8-15(24-5)9-7-14/h6-12,17,24H,13H2,1-5H3. The molecule has 0 aliphatic carbocycles. The fourth-order valence-electron chi connectivity index (χ4n) is 4.18. The minimum Gasteiger partial charge on any atom is -0.426 e. The molecule has 1 saturated heterocycles. The number of hydrogen-bond donors (Lipinski definition) is 1. The van der Waals surface area contributed by atoms with Gasteiger partial charge in [-0.15, -0.1) is 21.6 Å². The molecule has 1 fully saturated rings. The molecule has 6 nitrogen and oxygen atoms in total. The van der Waals surface area contributed by atoms with Crippen LogP contribution in [0.1, 0.15) is 34.1 Å². The van der Waals surface area contributed by atoms with Crippen LogP contribution in [0, 0.1) is 5.92 Å². The number of esters is 1. The van der Waals surface area contributed by atoms with Gasteiger partial charge in [0.05, 0.1) is 21.7 Å². The molecule has 1 unspecified atom stereocenters. The molecule has 1 aromatic heterocycles. The summed E-state index contributed by atoms with van der Waals surface area (Å²) in [6, 6.07) is 13.6. The number of carbonyl (C=O) groups is 1. The van der Waals surface area contributed by atoms with Gasteiger partial charge in [0, 0.05) is 29.9 Å². The maximum atomic E-state index is 12.9. The number of hydroxylamine groups is 2. The van der Waals surface area contributed by atoms with Crippen LogP contribution < -0.4 is 10.1 Å². The van der Waals surface area contributed by atoms with Gasteiger partial charge in [0.25, 0.3) is 0 Å². The van der Waals surface area contributed by atoms with E-state index < -0.39 is 17.0 Å². The lowest BCUT2D eigenvalue weighted by molar-refractivity contribution is -0.248. The predicted molar refractivity (Wildman–Crippen MR) is 119 cm³/mol. The zero-order chi connectivity index (χ0) is 21.7. The van der Waals surface area contributed by atoms with Crippen molar-refractivity contribution in [3.8, 4) is 16.3 Å². The first kappa shape index (κ1) is 20.8. The van der Waals surface area contributed by atoms with Crippen molar-refractivity contribution in [3.63, 3.8) is 0 Å². The van der Waals surface area contributed by atoms with Crippen LogP contribution in [0.3, 0.4) is 0 Å². The summed E-state index contributed by atoms with van der Waals surface area (Å²) in [5, 5.41) is 17.6. The van der Waals surface area contributed by atoms with Crippen LogP contribution in [0.2, 0.25) is 0 Å². The van der Waals surface area contributed by atoms with E-state index in [4.69, 9.17) is 9.72 Å². The summed E-state index contributed by atoms with van der Waals surface area (Å²) in [6.45, 7) is 7.34. The van der Waals surface area contributed by atoms with Crippen LogP contribution in [0.4, 0.5) is 5.69 Å². The second-order valence-corrected chi connectivity index (χ2v) is 9.94. The highest BCUT2D eigenvalue weighted by Gasteiger charge is 2.56. The molecular weight excluding hydrogens is 398 g/mol. The fourth-order valence-corrected chi connectivity index (χ4v) is 5.18. The summed E-state index contributed by atoms with van der Waals surface area (Å²) < 4.78 is 6.64. The molecule has 4 rings (SSSR count). The number of fused-ring (bicyclic) bond motifs is 1. The number of carbonyl (C=O) groups excluding carboxylic acids is 1. The molecule has 3 aromatic rings.